The van der Waals surface area contributed by atoms with Gasteiger partial charge in [0.1, 0.15) is 0 Å². The molecule has 0 aromatic carbocycles. The number of rotatable bonds is 2. The molecule has 0 amide bonds. The van der Waals surface area contributed by atoms with Crippen LogP contribution in [0.2, 0.25) is 0 Å². The van der Waals surface area contributed by atoms with E-state index in [-0.39, 0.29) is 12.2 Å². The highest BCUT2D eigenvalue weighted by atomic mass is 16.5. The van der Waals surface area contributed by atoms with Crippen molar-refractivity contribution >= 4 is 5.95 Å². The van der Waals surface area contributed by atoms with Crippen LogP contribution < -0.4 is 10.6 Å². The van der Waals surface area contributed by atoms with Crippen LogP contribution in [0.5, 0.6) is 0 Å². The van der Waals surface area contributed by atoms with Crippen molar-refractivity contribution in [2.45, 2.75) is 33.0 Å². The molecule has 1 aliphatic heterocycles. The highest BCUT2D eigenvalue weighted by molar-refractivity contribution is 5.33. The molecule has 2 atom stereocenters. The van der Waals surface area contributed by atoms with Crippen molar-refractivity contribution in [3.63, 3.8) is 0 Å². The second-order valence-corrected chi connectivity index (χ2v) is 4.66. The first-order chi connectivity index (χ1) is 8.08. The van der Waals surface area contributed by atoms with Gasteiger partial charge in [0.15, 0.2) is 0 Å². The number of morpholine rings is 1. The fraction of sp³-hybridized carbons (Fsp3) is 0.667. The monoisotopic (exact) mass is 236 g/mol. The van der Waals surface area contributed by atoms with Crippen LogP contribution in [0.15, 0.2) is 6.07 Å². The lowest BCUT2D eigenvalue weighted by molar-refractivity contribution is -0.0109. The van der Waals surface area contributed by atoms with Crippen LogP contribution in [0.4, 0.5) is 5.95 Å². The van der Waals surface area contributed by atoms with Gasteiger partial charge in [0.25, 0.3) is 0 Å². The van der Waals surface area contributed by atoms with Crippen LogP contribution in [0.25, 0.3) is 0 Å². The quantitative estimate of drug-likeness (QED) is 0.816. The van der Waals surface area contributed by atoms with Gasteiger partial charge in [0.2, 0.25) is 5.95 Å². The lowest BCUT2D eigenvalue weighted by Gasteiger charge is -2.36. The molecule has 2 unspecified atom stereocenters. The Morgan fingerprint density at radius 1 is 1.35 bits per heavy atom. The van der Waals surface area contributed by atoms with Gasteiger partial charge in [-0.25, -0.2) is 9.97 Å². The molecule has 1 aromatic rings. The van der Waals surface area contributed by atoms with Crippen LogP contribution in [0.1, 0.15) is 18.3 Å². The molecule has 17 heavy (non-hydrogen) atoms. The summed E-state index contributed by atoms with van der Waals surface area (Å²) in [6.45, 7) is 8.15. The summed E-state index contributed by atoms with van der Waals surface area (Å²) in [6, 6.07) is 1.98. The summed E-state index contributed by atoms with van der Waals surface area (Å²) in [4.78, 5) is 11.1. The normalized spacial score (nSPS) is 25.1. The summed E-state index contributed by atoms with van der Waals surface area (Å²) < 4.78 is 5.73. The number of hydrogen-bond acceptors (Lipinski definition) is 5. The molecule has 0 radical (unpaired) electrons. The van der Waals surface area contributed by atoms with E-state index < -0.39 is 0 Å². The summed E-state index contributed by atoms with van der Waals surface area (Å²) in [5.41, 5.74) is 7.67. The zero-order chi connectivity index (χ0) is 12.4. The zero-order valence-electron chi connectivity index (χ0n) is 10.7. The summed E-state index contributed by atoms with van der Waals surface area (Å²) in [5, 5.41) is 0. The predicted octanol–water partition coefficient (Wildman–Crippen LogP) is 0.646. The van der Waals surface area contributed by atoms with Crippen molar-refractivity contribution in [3.05, 3.63) is 17.5 Å². The molecule has 5 heteroatoms. The minimum Gasteiger partial charge on any atom is -0.370 e. The van der Waals surface area contributed by atoms with Crippen LogP contribution in [-0.2, 0) is 4.74 Å². The van der Waals surface area contributed by atoms with E-state index in [1.165, 1.54) is 0 Å². The minimum atomic E-state index is 0.0724. The van der Waals surface area contributed by atoms with Gasteiger partial charge >= 0.3 is 0 Å². The maximum absolute atomic E-state index is 5.73. The Kier molecular flexibility index (Phi) is 3.59. The van der Waals surface area contributed by atoms with E-state index in [2.05, 4.69) is 21.8 Å². The number of aryl methyl sites for hydroxylation is 2. The van der Waals surface area contributed by atoms with Gasteiger partial charge in [-0.1, -0.05) is 0 Å². The summed E-state index contributed by atoms with van der Waals surface area (Å²) in [6.07, 6.45) is 0.241. The van der Waals surface area contributed by atoms with Crippen LogP contribution in [-0.4, -0.2) is 41.8 Å². The van der Waals surface area contributed by atoms with E-state index >= 15 is 0 Å². The fourth-order valence-electron chi connectivity index (χ4n) is 2.19. The lowest BCUT2D eigenvalue weighted by Crippen LogP contribution is -2.50. The molecule has 1 saturated heterocycles. The second kappa shape index (κ2) is 4.98. The third kappa shape index (κ3) is 2.92. The topological polar surface area (TPSA) is 64.3 Å². The van der Waals surface area contributed by atoms with Gasteiger partial charge in [-0.05, 0) is 26.8 Å². The van der Waals surface area contributed by atoms with Gasteiger partial charge in [-0.2, -0.15) is 0 Å². The van der Waals surface area contributed by atoms with E-state index in [0.29, 0.717) is 6.54 Å². The standard InChI is InChI=1S/C12H20N4O/c1-8-4-9(2)15-12(14-8)16-6-10(3)17-11(5-13)7-16/h4,10-11H,5-7,13H2,1-3H3. The van der Waals surface area contributed by atoms with Crippen molar-refractivity contribution in [3.8, 4) is 0 Å². The number of hydrogen-bond donors (Lipinski definition) is 1. The van der Waals surface area contributed by atoms with Crippen LogP contribution in [0, 0.1) is 13.8 Å². The van der Waals surface area contributed by atoms with E-state index in [0.717, 1.165) is 30.4 Å². The lowest BCUT2D eigenvalue weighted by atomic mass is 10.2. The van der Waals surface area contributed by atoms with Gasteiger partial charge in [0.05, 0.1) is 12.2 Å². The Morgan fingerprint density at radius 3 is 2.59 bits per heavy atom. The third-order valence-corrected chi connectivity index (χ3v) is 2.84. The summed E-state index contributed by atoms with van der Waals surface area (Å²) in [7, 11) is 0. The van der Waals surface area contributed by atoms with Crippen LogP contribution in [0.3, 0.4) is 0 Å². The van der Waals surface area contributed by atoms with Crippen molar-refractivity contribution < 1.29 is 4.74 Å². The summed E-state index contributed by atoms with van der Waals surface area (Å²) in [5.74, 6) is 0.788. The number of nitrogens with zero attached hydrogens (tertiary/aromatic N) is 3. The average Bonchev–Trinajstić information content (AvgIpc) is 2.26. The molecule has 0 bridgehead atoms. The van der Waals surface area contributed by atoms with Gasteiger partial charge in [-0.3, -0.25) is 0 Å². The molecule has 1 fully saturated rings. The first-order valence-electron chi connectivity index (χ1n) is 6.01. The van der Waals surface area contributed by atoms with Gasteiger partial charge in [0, 0.05) is 31.0 Å². The van der Waals surface area contributed by atoms with Crippen molar-refractivity contribution in [1.82, 2.24) is 9.97 Å². The van der Waals surface area contributed by atoms with Crippen LogP contribution >= 0.6 is 0 Å². The molecule has 5 nitrogen and oxygen atoms in total. The molecule has 2 heterocycles. The molecule has 2 N–H and O–H groups in total. The van der Waals surface area contributed by atoms with Gasteiger partial charge < -0.3 is 15.4 Å². The van der Waals surface area contributed by atoms with Gasteiger partial charge in [-0.15, -0.1) is 0 Å². The Bertz CT molecular complexity index is 376. The van der Waals surface area contributed by atoms with Crippen molar-refractivity contribution in [2.24, 2.45) is 5.73 Å². The predicted molar refractivity (Wildman–Crippen MR) is 67.1 cm³/mol. The Labute approximate surface area is 102 Å². The molecule has 1 aromatic heterocycles. The highest BCUT2D eigenvalue weighted by Gasteiger charge is 2.26. The molecular formula is C12H20N4O. The largest absolute Gasteiger partial charge is 0.370 e. The molecule has 2 rings (SSSR count). The first-order valence-corrected chi connectivity index (χ1v) is 6.01. The first kappa shape index (κ1) is 12.3. The second-order valence-electron chi connectivity index (χ2n) is 4.66. The van der Waals surface area contributed by atoms with E-state index in [1.807, 2.05) is 19.9 Å². The third-order valence-electron chi connectivity index (χ3n) is 2.84. The number of anilines is 1. The molecule has 0 saturated carbocycles. The molecular weight excluding hydrogens is 216 g/mol. The summed E-state index contributed by atoms with van der Waals surface area (Å²) >= 11 is 0. The smallest absolute Gasteiger partial charge is 0.225 e. The van der Waals surface area contributed by atoms with E-state index in [1.54, 1.807) is 0 Å². The average molecular weight is 236 g/mol. The minimum absolute atomic E-state index is 0.0724. The van der Waals surface area contributed by atoms with Crippen molar-refractivity contribution in [2.75, 3.05) is 24.5 Å². The number of ether oxygens (including phenoxy) is 1. The fourth-order valence-corrected chi connectivity index (χ4v) is 2.19. The molecule has 0 spiro atoms. The Morgan fingerprint density at radius 2 is 2.00 bits per heavy atom. The Hall–Kier alpha value is -1.20. The Balaban J connectivity index is 2.20. The number of aromatic nitrogens is 2. The number of nitrogens with two attached hydrogens (primary N) is 1. The van der Waals surface area contributed by atoms with Crippen molar-refractivity contribution in [1.29, 1.82) is 0 Å². The molecule has 94 valence electrons. The maximum atomic E-state index is 5.73. The molecule has 1 aliphatic rings. The highest BCUT2D eigenvalue weighted by Crippen LogP contribution is 2.17. The molecule has 0 aliphatic carbocycles. The van der Waals surface area contributed by atoms with E-state index in [4.69, 9.17) is 10.5 Å². The zero-order valence-corrected chi connectivity index (χ0v) is 10.7. The maximum Gasteiger partial charge on any atom is 0.225 e. The van der Waals surface area contributed by atoms with E-state index in [9.17, 15) is 0 Å². The SMILES string of the molecule is Cc1cc(C)nc(N2CC(C)OC(CN)C2)n1.